The number of aromatic amines is 1. The Balaban J connectivity index is 1.58. The highest BCUT2D eigenvalue weighted by molar-refractivity contribution is 6.30. The molecule has 5 heteroatoms. The topological polar surface area (TPSA) is 57.8 Å². The van der Waals surface area contributed by atoms with Gasteiger partial charge in [0.15, 0.2) is 0 Å². The molecule has 0 aliphatic rings. The summed E-state index contributed by atoms with van der Waals surface area (Å²) >= 11 is 5.84. The van der Waals surface area contributed by atoms with Gasteiger partial charge in [-0.2, -0.15) is 0 Å². The van der Waals surface area contributed by atoms with E-state index in [2.05, 4.69) is 15.3 Å². The van der Waals surface area contributed by atoms with Gasteiger partial charge < -0.3 is 10.3 Å². The number of nitrogens with one attached hydrogen (secondary N) is 2. The van der Waals surface area contributed by atoms with Crippen LogP contribution in [-0.2, 0) is 13.0 Å². The molecule has 3 rings (SSSR count). The first kappa shape index (κ1) is 15.3. The number of carbonyl (C=O) groups is 1. The molecule has 0 spiro atoms. The van der Waals surface area contributed by atoms with E-state index >= 15 is 0 Å². The first-order valence-electron chi connectivity index (χ1n) is 7.30. The molecule has 116 valence electrons. The molecule has 0 fully saturated rings. The van der Waals surface area contributed by atoms with E-state index in [0.29, 0.717) is 17.1 Å². The molecule has 0 saturated carbocycles. The molecule has 0 unspecified atom stereocenters. The highest BCUT2D eigenvalue weighted by Gasteiger charge is 2.06. The van der Waals surface area contributed by atoms with E-state index in [-0.39, 0.29) is 5.91 Å². The first-order chi connectivity index (χ1) is 11.2. The van der Waals surface area contributed by atoms with Crippen molar-refractivity contribution in [2.24, 2.45) is 0 Å². The number of imidazole rings is 1. The van der Waals surface area contributed by atoms with Crippen molar-refractivity contribution in [1.29, 1.82) is 0 Å². The average Bonchev–Trinajstić information content (AvgIpc) is 3.08. The molecule has 1 amide bonds. The number of aromatic nitrogens is 2. The van der Waals surface area contributed by atoms with Gasteiger partial charge in [0.2, 0.25) is 0 Å². The standard InChI is InChI=1S/C18H16ClN3O/c19-16-7-3-14(4-8-16)10-21-18(23)15-5-1-13(2-6-15)9-17-11-20-12-22-17/h1-8,11-12H,9-10H2,(H,20,22)(H,21,23). The van der Waals surface area contributed by atoms with E-state index in [9.17, 15) is 4.79 Å². The Morgan fingerprint density at radius 2 is 1.74 bits per heavy atom. The second-order valence-corrected chi connectivity index (χ2v) is 5.68. The van der Waals surface area contributed by atoms with Gasteiger partial charge in [0.25, 0.3) is 5.91 Å². The van der Waals surface area contributed by atoms with Crippen LogP contribution in [0.5, 0.6) is 0 Å². The van der Waals surface area contributed by atoms with Gasteiger partial charge in [0.1, 0.15) is 0 Å². The van der Waals surface area contributed by atoms with Gasteiger partial charge in [-0.1, -0.05) is 35.9 Å². The summed E-state index contributed by atoms with van der Waals surface area (Å²) < 4.78 is 0. The van der Waals surface area contributed by atoms with Gasteiger partial charge in [0.05, 0.1) is 12.0 Å². The van der Waals surface area contributed by atoms with Crippen LogP contribution in [0.25, 0.3) is 0 Å². The fraction of sp³-hybridized carbons (Fsp3) is 0.111. The number of nitrogens with zero attached hydrogens (tertiary/aromatic N) is 1. The number of hydrogen-bond donors (Lipinski definition) is 2. The van der Waals surface area contributed by atoms with E-state index in [1.54, 1.807) is 6.33 Å². The third-order valence-electron chi connectivity index (χ3n) is 3.52. The van der Waals surface area contributed by atoms with Crippen LogP contribution in [0.4, 0.5) is 0 Å². The van der Waals surface area contributed by atoms with E-state index in [4.69, 9.17) is 11.6 Å². The zero-order valence-electron chi connectivity index (χ0n) is 12.4. The van der Waals surface area contributed by atoms with Crippen molar-refractivity contribution in [3.8, 4) is 0 Å². The second kappa shape index (κ2) is 7.11. The SMILES string of the molecule is O=C(NCc1ccc(Cl)cc1)c1ccc(Cc2c[nH]cn2)cc1. The number of hydrogen-bond acceptors (Lipinski definition) is 2. The Bertz CT molecular complexity index is 765. The van der Waals surface area contributed by atoms with Crippen LogP contribution in [0.3, 0.4) is 0 Å². The zero-order chi connectivity index (χ0) is 16.1. The molecule has 0 bridgehead atoms. The fourth-order valence-electron chi connectivity index (χ4n) is 2.26. The van der Waals surface area contributed by atoms with Crippen LogP contribution in [-0.4, -0.2) is 15.9 Å². The number of carbonyl (C=O) groups excluding carboxylic acids is 1. The predicted molar refractivity (Wildman–Crippen MR) is 90.5 cm³/mol. The molecule has 4 nitrogen and oxygen atoms in total. The van der Waals surface area contributed by atoms with Gasteiger partial charge in [-0.25, -0.2) is 4.98 Å². The maximum Gasteiger partial charge on any atom is 0.251 e. The molecule has 0 radical (unpaired) electrons. The van der Waals surface area contributed by atoms with Gasteiger partial charge in [-0.05, 0) is 35.4 Å². The minimum atomic E-state index is -0.0914. The summed E-state index contributed by atoms with van der Waals surface area (Å²) in [7, 11) is 0. The molecule has 1 heterocycles. The zero-order valence-corrected chi connectivity index (χ0v) is 13.2. The summed E-state index contributed by atoms with van der Waals surface area (Å²) in [5.41, 5.74) is 3.75. The molecule has 3 aromatic rings. The largest absolute Gasteiger partial charge is 0.351 e. The third kappa shape index (κ3) is 4.20. The summed E-state index contributed by atoms with van der Waals surface area (Å²) in [5.74, 6) is -0.0914. The highest BCUT2D eigenvalue weighted by atomic mass is 35.5. The molecule has 2 aromatic carbocycles. The van der Waals surface area contributed by atoms with Crippen molar-refractivity contribution in [2.75, 3.05) is 0 Å². The molecular weight excluding hydrogens is 310 g/mol. The number of amides is 1. The molecule has 0 aliphatic carbocycles. The number of H-pyrrole nitrogens is 1. The van der Waals surface area contributed by atoms with E-state index < -0.39 is 0 Å². The maximum absolute atomic E-state index is 12.2. The minimum absolute atomic E-state index is 0.0914. The Kier molecular flexibility index (Phi) is 4.74. The van der Waals surface area contributed by atoms with Crippen LogP contribution in [0.15, 0.2) is 61.1 Å². The van der Waals surface area contributed by atoms with E-state index in [1.165, 1.54) is 0 Å². The van der Waals surface area contributed by atoms with Crippen molar-refractivity contribution in [3.63, 3.8) is 0 Å². The van der Waals surface area contributed by atoms with Crippen molar-refractivity contribution in [2.45, 2.75) is 13.0 Å². The van der Waals surface area contributed by atoms with Crippen LogP contribution in [0.2, 0.25) is 5.02 Å². The Morgan fingerprint density at radius 3 is 2.39 bits per heavy atom. The van der Waals surface area contributed by atoms with Crippen molar-refractivity contribution in [1.82, 2.24) is 15.3 Å². The lowest BCUT2D eigenvalue weighted by atomic mass is 10.1. The summed E-state index contributed by atoms with van der Waals surface area (Å²) in [6.07, 6.45) is 4.27. The molecule has 0 aliphatic heterocycles. The lowest BCUT2D eigenvalue weighted by molar-refractivity contribution is 0.0951. The summed E-state index contributed by atoms with van der Waals surface area (Å²) in [5, 5.41) is 3.59. The maximum atomic E-state index is 12.2. The molecule has 1 aromatic heterocycles. The molecule has 23 heavy (non-hydrogen) atoms. The first-order valence-corrected chi connectivity index (χ1v) is 7.68. The number of benzene rings is 2. The lowest BCUT2D eigenvalue weighted by Gasteiger charge is -2.06. The minimum Gasteiger partial charge on any atom is -0.351 e. The monoisotopic (exact) mass is 325 g/mol. The Labute approximate surface area is 139 Å². The van der Waals surface area contributed by atoms with Gasteiger partial charge in [-0.3, -0.25) is 4.79 Å². The van der Waals surface area contributed by atoms with Crippen molar-refractivity contribution >= 4 is 17.5 Å². The van der Waals surface area contributed by atoms with Gasteiger partial charge >= 0.3 is 0 Å². The number of halogens is 1. The van der Waals surface area contributed by atoms with Crippen LogP contribution < -0.4 is 5.32 Å². The third-order valence-corrected chi connectivity index (χ3v) is 3.77. The van der Waals surface area contributed by atoms with Crippen molar-refractivity contribution in [3.05, 3.63) is 88.5 Å². The molecule has 0 atom stereocenters. The van der Waals surface area contributed by atoms with Crippen LogP contribution >= 0.6 is 11.6 Å². The molecule has 0 saturated heterocycles. The summed E-state index contributed by atoms with van der Waals surface area (Å²) in [6, 6.07) is 15.0. The Hall–Kier alpha value is -2.59. The van der Waals surface area contributed by atoms with Crippen LogP contribution in [0.1, 0.15) is 27.2 Å². The van der Waals surface area contributed by atoms with Crippen molar-refractivity contribution < 1.29 is 4.79 Å². The normalized spacial score (nSPS) is 10.5. The van der Waals surface area contributed by atoms with E-state index in [0.717, 1.165) is 23.2 Å². The Morgan fingerprint density at radius 1 is 1.04 bits per heavy atom. The summed E-state index contributed by atoms with van der Waals surface area (Å²) in [4.78, 5) is 19.3. The average molecular weight is 326 g/mol. The quantitative estimate of drug-likeness (QED) is 0.753. The van der Waals surface area contributed by atoms with Gasteiger partial charge in [0, 0.05) is 29.7 Å². The van der Waals surface area contributed by atoms with Crippen LogP contribution in [0, 0.1) is 0 Å². The highest BCUT2D eigenvalue weighted by Crippen LogP contribution is 2.11. The predicted octanol–water partition coefficient (Wildman–Crippen LogP) is 3.58. The second-order valence-electron chi connectivity index (χ2n) is 5.24. The van der Waals surface area contributed by atoms with E-state index in [1.807, 2.05) is 54.7 Å². The summed E-state index contributed by atoms with van der Waals surface area (Å²) in [6.45, 7) is 0.477. The molecular formula is C18H16ClN3O. The molecule has 2 N–H and O–H groups in total. The smallest absolute Gasteiger partial charge is 0.251 e. The number of rotatable bonds is 5. The van der Waals surface area contributed by atoms with Gasteiger partial charge in [-0.15, -0.1) is 0 Å². The fourth-order valence-corrected chi connectivity index (χ4v) is 2.38. The lowest BCUT2D eigenvalue weighted by Crippen LogP contribution is -2.22.